The number of benzene rings is 2. The van der Waals surface area contributed by atoms with Crippen LogP contribution < -0.4 is 5.69 Å². The second-order valence-electron chi connectivity index (χ2n) is 8.22. The van der Waals surface area contributed by atoms with Crippen LogP contribution in [0.5, 0.6) is 5.88 Å². The molecule has 1 aliphatic rings. The van der Waals surface area contributed by atoms with Gasteiger partial charge in [0.25, 0.3) is 0 Å². The molecular formula is C22H20F3N5O2. The van der Waals surface area contributed by atoms with E-state index in [0.717, 1.165) is 17.4 Å². The number of halogens is 3. The van der Waals surface area contributed by atoms with Crippen molar-refractivity contribution < 1.29 is 18.3 Å². The van der Waals surface area contributed by atoms with Crippen molar-refractivity contribution in [2.45, 2.75) is 32.1 Å². The van der Waals surface area contributed by atoms with Crippen LogP contribution in [0.4, 0.5) is 13.2 Å². The van der Waals surface area contributed by atoms with E-state index < -0.39 is 11.7 Å². The number of hydrogen-bond donors (Lipinski definition) is 1. The molecule has 0 atom stereocenters. The van der Waals surface area contributed by atoms with Crippen molar-refractivity contribution >= 4 is 11.0 Å². The Morgan fingerprint density at radius 2 is 1.84 bits per heavy atom. The van der Waals surface area contributed by atoms with E-state index in [9.17, 15) is 23.1 Å². The topological polar surface area (TPSA) is 77.9 Å². The maximum absolute atomic E-state index is 14.1. The normalized spacial score (nSPS) is 14.4. The minimum Gasteiger partial charge on any atom is -0.493 e. The fourth-order valence-corrected chi connectivity index (χ4v) is 3.92. The quantitative estimate of drug-likeness (QED) is 0.509. The Balaban J connectivity index is 1.52. The highest BCUT2D eigenvalue weighted by atomic mass is 19.4. The Labute approximate surface area is 180 Å². The third-order valence-electron chi connectivity index (χ3n) is 5.86. The zero-order valence-electron chi connectivity index (χ0n) is 17.2. The molecule has 0 amide bonds. The molecule has 0 aliphatic heterocycles. The molecule has 2 aromatic carbocycles. The van der Waals surface area contributed by atoms with E-state index in [1.165, 1.54) is 23.9 Å². The average molecular weight is 443 g/mol. The molecule has 2 aromatic heterocycles. The standard InChI is InChI=1S/C22H20F3N5O2/c1-28-18(31)12-29(21(28)32)10-13-4-6-15(7-5-13)16-8-9-17-20(19(16)22(23,24)25)26-27-30(17)11-14-2-3-14/h4-9,12,14,31H,2-3,10-11H2,1H3. The smallest absolute Gasteiger partial charge is 0.419 e. The van der Waals surface area contributed by atoms with Crippen LogP contribution in [0.1, 0.15) is 24.0 Å². The number of hydrogen-bond acceptors (Lipinski definition) is 4. The first-order valence-electron chi connectivity index (χ1n) is 10.2. The molecule has 4 aromatic rings. The fraction of sp³-hybridized carbons (Fsp3) is 0.318. The summed E-state index contributed by atoms with van der Waals surface area (Å²) < 4.78 is 46.2. The van der Waals surface area contributed by atoms with E-state index >= 15 is 0 Å². The summed E-state index contributed by atoms with van der Waals surface area (Å²) in [5.41, 5.74) is 0.192. The fourth-order valence-electron chi connectivity index (χ4n) is 3.92. The second kappa shape index (κ2) is 7.25. The number of rotatable bonds is 5. The van der Waals surface area contributed by atoms with Crippen molar-refractivity contribution in [3.63, 3.8) is 0 Å². The van der Waals surface area contributed by atoms with Crippen molar-refractivity contribution in [3.05, 3.63) is 64.2 Å². The molecule has 7 nitrogen and oxygen atoms in total. The Morgan fingerprint density at radius 3 is 2.44 bits per heavy atom. The van der Waals surface area contributed by atoms with Gasteiger partial charge in [-0.05, 0) is 41.5 Å². The SMILES string of the molecule is Cn1c(O)cn(Cc2ccc(-c3ccc4c(nnn4CC4CC4)c3C(F)(F)F)cc2)c1=O. The minimum atomic E-state index is -4.59. The second-order valence-corrected chi connectivity index (χ2v) is 8.22. The molecule has 1 aliphatic carbocycles. The molecular weight excluding hydrogens is 423 g/mol. The predicted octanol–water partition coefficient (Wildman–Crippen LogP) is 3.78. The third kappa shape index (κ3) is 3.55. The highest BCUT2D eigenvalue weighted by molar-refractivity contribution is 5.87. The number of imidazole rings is 1. The van der Waals surface area contributed by atoms with Gasteiger partial charge in [0.05, 0.1) is 23.8 Å². The summed E-state index contributed by atoms with van der Waals surface area (Å²) in [6.45, 7) is 0.768. The summed E-state index contributed by atoms with van der Waals surface area (Å²) in [6.07, 6.45) is -1.15. The molecule has 32 heavy (non-hydrogen) atoms. The van der Waals surface area contributed by atoms with Crippen molar-refractivity contribution in [1.29, 1.82) is 0 Å². The van der Waals surface area contributed by atoms with Crippen LogP contribution >= 0.6 is 0 Å². The summed E-state index contributed by atoms with van der Waals surface area (Å²) in [5, 5.41) is 17.5. The molecule has 0 radical (unpaired) electrons. The summed E-state index contributed by atoms with van der Waals surface area (Å²) in [6, 6.07) is 9.62. The van der Waals surface area contributed by atoms with Crippen LogP contribution in [0.25, 0.3) is 22.2 Å². The number of nitrogens with zero attached hydrogens (tertiary/aromatic N) is 5. The molecule has 166 valence electrons. The molecule has 10 heteroatoms. The lowest BCUT2D eigenvalue weighted by Gasteiger charge is -2.14. The van der Waals surface area contributed by atoms with Crippen molar-refractivity contribution in [3.8, 4) is 17.0 Å². The first kappa shape index (κ1) is 20.3. The average Bonchev–Trinajstić information content (AvgIpc) is 3.44. The van der Waals surface area contributed by atoms with E-state index in [0.29, 0.717) is 29.1 Å². The highest BCUT2D eigenvalue weighted by Gasteiger charge is 2.38. The van der Waals surface area contributed by atoms with Gasteiger partial charge in [-0.2, -0.15) is 13.2 Å². The van der Waals surface area contributed by atoms with Crippen molar-refractivity contribution in [2.75, 3.05) is 0 Å². The monoisotopic (exact) mass is 443 g/mol. The number of fused-ring (bicyclic) bond motifs is 1. The molecule has 1 N–H and O–H groups in total. The van der Waals surface area contributed by atoms with E-state index in [-0.39, 0.29) is 29.2 Å². The molecule has 0 saturated heterocycles. The summed E-state index contributed by atoms with van der Waals surface area (Å²) in [5.74, 6) is 0.296. The lowest BCUT2D eigenvalue weighted by molar-refractivity contribution is -0.135. The van der Waals surface area contributed by atoms with Gasteiger partial charge in [-0.1, -0.05) is 35.5 Å². The van der Waals surface area contributed by atoms with Gasteiger partial charge in [-0.15, -0.1) is 5.10 Å². The maximum atomic E-state index is 14.1. The summed E-state index contributed by atoms with van der Waals surface area (Å²) in [4.78, 5) is 12.1. The maximum Gasteiger partial charge on any atom is 0.419 e. The molecule has 1 fully saturated rings. The Hall–Kier alpha value is -3.56. The molecule has 2 heterocycles. The van der Waals surface area contributed by atoms with Gasteiger partial charge in [0, 0.05) is 13.6 Å². The van der Waals surface area contributed by atoms with Crippen molar-refractivity contribution in [1.82, 2.24) is 24.1 Å². The Kier molecular flexibility index (Phi) is 4.61. The predicted molar refractivity (Wildman–Crippen MR) is 111 cm³/mol. The van der Waals surface area contributed by atoms with E-state index in [2.05, 4.69) is 10.3 Å². The van der Waals surface area contributed by atoms with Gasteiger partial charge in [0.1, 0.15) is 5.52 Å². The van der Waals surface area contributed by atoms with Crippen molar-refractivity contribution in [2.24, 2.45) is 13.0 Å². The van der Waals surface area contributed by atoms with Gasteiger partial charge in [-0.25, -0.2) is 9.48 Å². The van der Waals surface area contributed by atoms with Gasteiger partial charge in [0.15, 0.2) is 0 Å². The van der Waals surface area contributed by atoms with Gasteiger partial charge >= 0.3 is 11.9 Å². The van der Waals surface area contributed by atoms with E-state index in [4.69, 9.17) is 0 Å². The van der Waals surface area contributed by atoms with Gasteiger partial charge in [0.2, 0.25) is 5.88 Å². The van der Waals surface area contributed by atoms with E-state index in [1.807, 2.05) is 0 Å². The lowest BCUT2D eigenvalue weighted by atomic mass is 9.97. The third-order valence-corrected chi connectivity index (χ3v) is 5.86. The van der Waals surface area contributed by atoms with Crippen LogP contribution in [0.2, 0.25) is 0 Å². The van der Waals surface area contributed by atoms with Crippen LogP contribution in [0.3, 0.4) is 0 Å². The first-order chi connectivity index (χ1) is 15.2. The number of aromatic nitrogens is 5. The number of alkyl halides is 3. The molecule has 0 spiro atoms. The Bertz CT molecular complexity index is 1360. The van der Waals surface area contributed by atoms with Crippen LogP contribution in [-0.4, -0.2) is 29.2 Å². The van der Waals surface area contributed by atoms with Gasteiger partial charge < -0.3 is 5.11 Å². The van der Waals surface area contributed by atoms with Crippen LogP contribution in [0, 0.1) is 5.92 Å². The molecule has 1 saturated carbocycles. The molecule has 0 bridgehead atoms. The Morgan fingerprint density at radius 1 is 1.12 bits per heavy atom. The van der Waals surface area contributed by atoms with E-state index in [1.54, 1.807) is 35.0 Å². The summed E-state index contributed by atoms with van der Waals surface area (Å²) in [7, 11) is 1.45. The van der Waals surface area contributed by atoms with Crippen LogP contribution in [-0.2, 0) is 26.3 Å². The van der Waals surface area contributed by atoms with Gasteiger partial charge in [-0.3, -0.25) is 9.13 Å². The zero-order chi connectivity index (χ0) is 22.6. The van der Waals surface area contributed by atoms with Crippen LogP contribution in [0.15, 0.2) is 47.4 Å². The molecule has 5 rings (SSSR count). The summed E-state index contributed by atoms with van der Waals surface area (Å²) >= 11 is 0. The zero-order valence-corrected chi connectivity index (χ0v) is 17.2. The first-order valence-corrected chi connectivity index (χ1v) is 10.2. The minimum absolute atomic E-state index is 0.0320. The largest absolute Gasteiger partial charge is 0.493 e. The highest BCUT2D eigenvalue weighted by Crippen LogP contribution is 2.41. The number of aromatic hydroxyl groups is 1. The lowest BCUT2D eigenvalue weighted by Crippen LogP contribution is -2.22. The molecule has 0 unspecified atom stereocenters.